The van der Waals surface area contributed by atoms with E-state index in [1.165, 1.54) is 19.1 Å². The maximum Gasteiger partial charge on any atom is 0.126 e. The second-order valence-corrected chi connectivity index (χ2v) is 4.46. The highest BCUT2D eigenvalue weighted by molar-refractivity contribution is 5.34. The van der Waals surface area contributed by atoms with Gasteiger partial charge < -0.3 is 20.6 Å². The van der Waals surface area contributed by atoms with Crippen molar-refractivity contribution in [3.05, 3.63) is 29.6 Å². The summed E-state index contributed by atoms with van der Waals surface area (Å²) in [5.41, 5.74) is -0.677. The Bertz CT molecular complexity index is 382. The summed E-state index contributed by atoms with van der Waals surface area (Å²) in [7, 11) is 0. The molecule has 1 rings (SSSR count). The second kappa shape index (κ2) is 5.44. The van der Waals surface area contributed by atoms with Gasteiger partial charge in [-0.2, -0.15) is 0 Å². The Morgan fingerprint density at radius 1 is 1.47 bits per heavy atom. The van der Waals surface area contributed by atoms with Crippen LogP contribution < -0.4 is 5.32 Å². The van der Waals surface area contributed by atoms with Crippen molar-refractivity contribution in [1.29, 1.82) is 0 Å². The summed E-state index contributed by atoms with van der Waals surface area (Å²) in [5, 5.41) is 31.0. The molecule has 2 atom stereocenters. The molecule has 0 bridgehead atoms. The van der Waals surface area contributed by atoms with Crippen LogP contribution in [0.1, 0.15) is 25.5 Å². The van der Waals surface area contributed by atoms with Gasteiger partial charge >= 0.3 is 0 Å². The molecule has 0 aliphatic heterocycles. The monoisotopic (exact) mass is 243 g/mol. The van der Waals surface area contributed by atoms with Crippen molar-refractivity contribution in [3.63, 3.8) is 0 Å². The number of hydrogen-bond acceptors (Lipinski definition) is 4. The molecule has 2 unspecified atom stereocenters. The summed E-state index contributed by atoms with van der Waals surface area (Å²) in [4.78, 5) is 0. The average Bonchev–Trinajstić information content (AvgIpc) is 2.26. The maximum absolute atomic E-state index is 12.8. The smallest absolute Gasteiger partial charge is 0.126 e. The molecule has 1 aromatic carbocycles. The Hall–Kier alpha value is -1.17. The Labute approximate surface area is 99.7 Å². The van der Waals surface area contributed by atoms with Crippen LogP contribution in [0, 0.1) is 5.82 Å². The van der Waals surface area contributed by atoms with Gasteiger partial charge in [-0.25, -0.2) is 4.39 Å². The number of phenolic OH excluding ortho intramolecular Hbond substituents is 1. The highest BCUT2D eigenvalue weighted by Crippen LogP contribution is 2.24. The number of benzene rings is 1. The van der Waals surface area contributed by atoms with Crippen LogP contribution in [0.2, 0.25) is 0 Å². The van der Waals surface area contributed by atoms with Crippen molar-refractivity contribution in [3.8, 4) is 5.75 Å². The molecule has 0 radical (unpaired) electrons. The predicted octanol–water partition coefficient (Wildman–Crippen LogP) is 0.925. The van der Waals surface area contributed by atoms with E-state index < -0.39 is 11.4 Å². The lowest BCUT2D eigenvalue weighted by Crippen LogP contribution is -2.41. The molecule has 0 saturated carbocycles. The fraction of sp³-hybridized carbons (Fsp3) is 0.500. The van der Waals surface area contributed by atoms with Gasteiger partial charge in [-0.3, -0.25) is 0 Å². The van der Waals surface area contributed by atoms with Crippen molar-refractivity contribution in [2.75, 3.05) is 13.2 Å². The highest BCUT2D eigenvalue weighted by atomic mass is 19.1. The van der Waals surface area contributed by atoms with Crippen molar-refractivity contribution in [2.45, 2.75) is 25.5 Å². The highest BCUT2D eigenvalue weighted by Gasteiger charge is 2.20. The number of halogens is 1. The number of hydrogen-bond donors (Lipinski definition) is 4. The molecule has 0 heterocycles. The maximum atomic E-state index is 12.8. The molecule has 0 aliphatic carbocycles. The number of rotatable bonds is 5. The number of aromatic hydroxyl groups is 1. The van der Waals surface area contributed by atoms with E-state index in [4.69, 9.17) is 5.11 Å². The zero-order valence-electron chi connectivity index (χ0n) is 9.94. The van der Waals surface area contributed by atoms with Gasteiger partial charge in [0, 0.05) is 24.2 Å². The molecule has 17 heavy (non-hydrogen) atoms. The van der Waals surface area contributed by atoms with E-state index in [2.05, 4.69) is 5.32 Å². The van der Waals surface area contributed by atoms with Gasteiger partial charge in [0.25, 0.3) is 0 Å². The van der Waals surface area contributed by atoms with E-state index in [0.29, 0.717) is 5.56 Å². The fourth-order valence-corrected chi connectivity index (χ4v) is 1.42. The molecule has 1 aromatic rings. The van der Waals surface area contributed by atoms with Crippen LogP contribution in [0.5, 0.6) is 5.75 Å². The fourth-order valence-electron chi connectivity index (χ4n) is 1.42. The van der Waals surface area contributed by atoms with Crippen molar-refractivity contribution < 1.29 is 19.7 Å². The van der Waals surface area contributed by atoms with Crippen LogP contribution in [0.15, 0.2) is 18.2 Å². The minimum Gasteiger partial charge on any atom is -0.508 e. The standard InChI is InChI=1S/C12H18FNO3/c1-8(14-6-12(2,17)7-15)10-4-3-9(13)5-11(10)16/h3-5,8,14-17H,6-7H2,1-2H3. The zero-order valence-corrected chi connectivity index (χ0v) is 9.94. The van der Waals surface area contributed by atoms with Crippen LogP contribution in [0.25, 0.3) is 0 Å². The molecule has 0 fully saturated rings. The molecule has 4 nitrogen and oxygen atoms in total. The Balaban J connectivity index is 2.67. The molecule has 0 amide bonds. The average molecular weight is 243 g/mol. The van der Waals surface area contributed by atoms with E-state index in [1.807, 2.05) is 0 Å². The van der Waals surface area contributed by atoms with Gasteiger partial charge in [0.2, 0.25) is 0 Å². The molecule has 0 spiro atoms. The largest absolute Gasteiger partial charge is 0.508 e. The van der Waals surface area contributed by atoms with Gasteiger partial charge in [-0.05, 0) is 19.9 Å². The number of aliphatic hydroxyl groups excluding tert-OH is 1. The first-order chi connectivity index (χ1) is 7.85. The summed E-state index contributed by atoms with van der Waals surface area (Å²) >= 11 is 0. The van der Waals surface area contributed by atoms with Crippen molar-refractivity contribution in [2.24, 2.45) is 0 Å². The van der Waals surface area contributed by atoms with E-state index in [0.717, 1.165) is 6.07 Å². The van der Waals surface area contributed by atoms with Gasteiger partial charge in [0.1, 0.15) is 11.6 Å². The van der Waals surface area contributed by atoms with Gasteiger partial charge in [0.05, 0.1) is 12.2 Å². The first-order valence-corrected chi connectivity index (χ1v) is 5.41. The van der Waals surface area contributed by atoms with Crippen molar-refractivity contribution >= 4 is 0 Å². The SMILES string of the molecule is CC(NCC(C)(O)CO)c1ccc(F)cc1O. The lowest BCUT2D eigenvalue weighted by atomic mass is 10.0. The Morgan fingerprint density at radius 2 is 2.12 bits per heavy atom. The molecule has 0 saturated heterocycles. The third-order valence-corrected chi connectivity index (χ3v) is 2.59. The van der Waals surface area contributed by atoms with Gasteiger partial charge in [-0.15, -0.1) is 0 Å². The minimum absolute atomic E-state index is 0.131. The predicted molar refractivity (Wildman–Crippen MR) is 62.2 cm³/mol. The Kier molecular flexibility index (Phi) is 4.45. The van der Waals surface area contributed by atoms with Crippen LogP contribution in [0.4, 0.5) is 4.39 Å². The molecule has 0 aliphatic rings. The molecule has 5 heteroatoms. The molecule has 96 valence electrons. The van der Waals surface area contributed by atoms with E-state index in [1.54, 1.807) is 6.92 Å². The Morgan fingerprint density at radius 3 is 2.65 bits per heavy atom. The van der Waals surface area contributed by atoms with E-state index >= 15 is 0 Å². The summed E-state index contributed by atoms with van der Waals surface area (Å²) in [6.45, 7) is 3.08. The van der Waals surface area contributed by atoms with Crippen molar-refractivity contribution in [1.82, 2.24) is 5.32 Å². The van der Waals surface area contributed by atoms with Gasteiger partial charge in [-0.1, -0.05) is 6.07 Å². The summed E-state index contributed by atoms with van der Waals surface area (Å²) in [6.07, 6.45) is 0. The molecular weight excluding hydrogens is 225 g/mol. The van der Waals surface area contributed by atoms with Crippen LogP contribution >= 0.6 is 0 Å². The second-order valence-electron chi connectivity index (χ2n) is 4.46. The lowest BCUT2D eigenvalue weighted by Gasteiger charge is -2.24. The van der Waals surface area contributed by atoms with Crippen LogP contribution in [-0.4, -0.2) is 34.1 Å². The number of phenols is 1. The number of nitrogens with one attached hydrogen (secondary N) is 1. The molecular formula is C12H18FNO3. The summed E-state index contributed by atoms with van der Waals surface area (Å²) in [6, 6.07) is 3.53. The zero-order chi connectivity index (χ0) is 13.1. The third-order valence-electron chi connectivity index (χ3n) is 2.59. The first-order valence-electron chi connectivity index (χ1n) is 5.41. The normalized spacial score (nSPS) is 16.5. The van der Waals surface area contributed by atoms with Gasteiger partial charge in [0.15, 0.2) is 0 Å². The molecule has 4 N–H and O–H groups in total. The summed E-state index contributed by atoms with van der Waals surface area (Å²) < 4.78 is 12.8. The quantitative estimate of drug-likeness (QED) is 0.620. The first kappa shape index (κ1) is 13.9. The van der Waals surface area contributed by atoms with Crippen LogP contribution in [-0.2, 0) is 0 Å². The lowest BCUT2D eigenvalue weighted by molar-refractivity contribution is 0.00101. The van der Waals surface area contributed by atoms with E-state index in [9.17, 15) is 14.6 Å². The topological polar surface area (TPSA) is 72.7 Å². The van der Waals surface area contributed by atoms with Crippen LogP contribution in [0.3, 0.4) is 0 Å². The third kappa shape index (κ3) is 3.96. The minimum atomic E-state index is -1.22. The summed E-state index contributed by atoms with van der Waals surface area (Å²) in [5.74, 6) is -0.630. The number of aliphatic hydroxyl groups is 2. The van der Waals surface area contributed by atoms with E-state index in [-0.39, 0.29) is 24.9 Å². The molecule has 0 aromatic heterocycles.